The zero-order valence-corrected chi connectivity index (χ0v) is 31.8. The van der Waals surface area contributed by atoms with Crippen molar-refractivity contribution >= 4 is 51.2 Å². The molecule has 2 unspecified atom stereocenters. The Labute approximate surface area is 323 Å². The molecule has 3 aliphatic carbocycles. The molecule has 0 bridgehead atoms. The number of amides is 3. The summed E-state index contributed by atoms with van der Waals surface area (Å²) in [6.07, 6.45) is 12.0. The van der Waals surface area contributed by atoms with Crippen molar-refractivity contribution in [2.24, 2.45) is 5.92 Å². The quantitative estimate of drug-likeness (QED) is 0.193. The first-order chi connectivity index (χ1) is 26.7. The van der Waals surface area contributed by atoms with Crippen LogP contribution in [-0.2, 0) is 19.1 Å². The van der Waals surface area contributed by atoms with Gasteiger partial charge in [-0.25, -0.2) is 19.6 Å². The summed E-state index contributed by atoms with van der Waals surface area (Å²) in [7, 11) is 1.59. The minimum absolute atomic E-state index is 0.0393. The Morgan fingerprint density at radius 3 is 2.60 bits per heavy atom. The number of rotatable bonds is 9. The third kappa shape index (κ3) is 8.21. The van der Waals surface area contributed by atoms with Crippen molar-refractivity contribution in [1.82, 2.24) is 25.5 Å². The van der Waals surface area contributed by atoms with E-state index in [1.54, 1.807) is 7.11 Å². The van der Waals surface area contributed by atoms with Crippen LogP contribution in [-0.4, -0.2) is 93.4 Å². The number of carbonyl (C=O) groups excluding carboxylic acids is 3. The van der Waals surface area contributed by atoms with Crippen LogP contribution < -0.4 is 25.4 Å². The first-order valence-electron chi connectivity index (χ1n) is 19.6. The van der Waals surface area contributed by atoms with Crippen LogP contribution in [0.4, 0.5) is 9.93 Å². The minimum atomic E-state index is -1.44. The van der Waals surface area contributed by atoms with E-state index in [-0.39, 0.29) is 31.4 Å². The van der Waals surface area contributed by atoms with E-state index in [4.69, 9.17) is 24.2 Å². The number of carbonyl (C=O) groups is 4. The van der Waals surface area contributed by atoms with Gasteiger partial charge in [-0.1, -0.05) is 25.0 Å². The fourth-order valence-electron chi connectivity index (χ4n) is 8.05. The van der Waals surface area contributed by atoms with Gasteiger partial charge in [-0.3, -0.25) is 9.59 Å². The Morgan fingerprint density at radius 1 is 1.00 bits per heavy atom. The molecule has 2 aliphatic heterocycles. The number of aliphatic carboxylic acids is 1. The van der Waals surface area contributed by atoms with E-state index in [0.29, 0.717) is 52.7 Å². The molecule has 8 rings (SSSR count). The molecule has 5 atom stereocenters. The van der Waals surface area contributed by atoms with Gasteiger partial charge < -0.3 is 40.2 Å². The van der Waals surface area contributed by atoms with E-state index < -0.39 is 47.6 Å². The van der Waals surface area contributed by atoms with Crippen LogP contribution in [0.5, 0.6) is 11.5 Å². The molecule has 1 saturated heterocycles. The molecule has 1 aromatic carbocycles. The van der Waals surface area contributed by atoms with Crippen LogP contribution in [0.2, 0.25) is 0 Å². The fourth-order valence-corrected chi connectivity index (χ4v) is 8.83. The molecule has 55 heavy (non-hydrogen) atoms. The molecule has 5 aliphatic rings. The second-order valence-corrected chi connectivity index (χ2v) is 16.3. The summed E-state index contributed by atoms with van der Waals surface area (Å²) in [5.41, 5.74) is 0.459. The smallest absolute Gasteiger partial charge is 0.408 e. The number of methoxy groups -OCH3 is 1. The first kappa shape index (κ1) is 37.0. The number of anilines is 1. The van der Waals surface area contributed by atoms with Crippen LogP contribution in [0.15, 0.2) is 41.8 Å². The molecule has 292 valence electrons. The number of thiazole rings is 1. The standard InChI is InChI=1S/C40H48N6O8S/c1-52-26-15-16-28-30(17-26)42-31(32-22-55-38(43-32)41-24-13-14-24)19-34(28)53-27-18-33-35(47)45-40(37(49)50)20-23(40)9-5-3-2-4-6-12-29(36(48)46(33)21-27)44-39(51)54-25-10-7-8-11-25/h5,9,15-17,19,22-25,27,29,33H,2-4,6-8,10-14,18,20-21H2,1H3,(H,41,43)(H,44,51)(H,45,47)(H,49,50)/b9-5-/t23?,27-,29+,33+,40?/m1/s1. The summed E-state index contributed by atoms with van der Waals surface area (Å²) < 4.78 is 17.9. The number of alkyl carbamates (subject to hydrolysis) is 1. The molecular weight excluding hydrogens is 725 g/mol. The first-order valence-corrected chi connectivity index (χ1v) is 20.4. The Bertz CT molecular complexity index is 1980. The Kier molecular flexibility index (Phi) is 10.6. The number of hydrogen-bond donors (Lipinski definition) is 4. The lowest BCUT2D eigenvalue weighted by Crippen LogP contribution is -2.56. The third-order valence-corrected chi connectivity index (χ3v) is 12.2. The Balaban J connectivity index is 1.10. The van der Waals surface area contributed by atoms with Gasteiger partial charge in [0.25, 0.3) is 0 Å². The molecule has 4 N–H and O–H groups in total. The summed E-state index contributed by atoms with van der Waals surface area (Å²) in [6.45, 7) is 0.0393. The van der Waals surface area contributed by atoms with Gasteiger partial charge in [0.1, 0.15) is 47.0 Å². The Morgan fingerprint density at radius 2 is 1.82 bits per heavy atom. The van der Waals surface area contributed by atoms with Crippen molar-refractivity contribution in [3.05, 3.63) is 41.8 Å². The van der Waals surface area contributed by atoms with Crippen LogP contribution in [0, 0.1) is 5.92 Å². The highest BCUT2D eigenvalue weighted by atomic mass is 32.1. The average molecular weight is 773 g/mol. The SMILES string of the molecule is COc1ccc2c(O[C@@H]3C[C@H]4C(=O)NC5(C(=O)O)CC5/C=C\CCCCC[C@H](NC(=O)OC5CCCC5)C(=O)N4C3)cc(-c3csc(NC4CC4)n3)nc2c1. The van der Waals surface area contributed by atoms with Gasteiger partial charge in [0.05, 0.1) is 24.9 Å². The van der Waals surface area contributed by atoms with Gasteiger partial charge in [0, 0.05) is 41.3 Å². The number of ether oxygens (including phenoxy) is 3. The number of carboxylic acid groups (broad SMARTS) is 1. The van der Waals surface area contributed by atoms with Gasteiger partial charge >= 0.3 is 12.1 Å². The predicted octanol–water partition coefficient (Wildman–Crippen LogP) is 5.81. The number of nitrogens with one attached hydrogen (secondary N) is 3. The fraction of sp³-hybridized carbons (Fsp3) is 0.550. The van der Waals surface area contributed by atoms with Crippen molar-refractivity contribution in [1.29, 1.82) is 0 Å². The van der Waals surface area contributed by atoms with Crippen LogP contribution in [0.3, 0.4) is 0 Å². The van der Waals surface area contributed by atoms with Crippen molar-refractivity contribution < 1.29 is 38.5 Å². The lowest BCUT2D eigenvalue weighted by molar-refractivity contribution is -0.145. The van der Waals surface area contributed by atoms with Crippen LogP contribution in [0.1, 0.15) is 83.5 Å². The maximum atomic E-state index is 14.5. The van der Waals surface area contributed by atoms with E-state index in [0.717, 1.165) is 62.9 Å². The highest BCUT2D eigenvalue weighted by molar-refractivity contribution is 7.14. The lowest BCUT2D eigenvalue weighted by atomic mass is 10.0. The van der Waals surface area contributed by atoms with Crippen molar-refractivity contribution in [3.63, 3.8) is 0 Å². The lowest BCUT2D eigenvalue weighted by Gasteiger charge is -2.29. The van der Waals surface area contributed by atoms with E-state index in [1.165, 1.54) is 16.2 Å². The number of aromatic nitrogens is 2. The van der Waals surface area contributed by atoms with Crippen LogP contribution >= 0.6 is 11.3 Å². The zero-order chi connectivity index (χ0) is 38.1. The van der Waals surface area contributed by atoms with Gasteiger partial charge in [-0.05, 0) is 76.3 Å². The summed E-state index contributed by atoms with van der Waals surface area (Å²) >= 11 is 1.51. The maximum absolute atomic E-state index is 14.5. The zero-order valence-electron chi connectivity index (χ0n) is 31.0. The number of benzene rings is 1. The summed E-state index contributed by atoms with van der Waals surface area (Å²) in [5, 5.41) is 22.8. The number of carboxylic acids is 1. The topological polar surface area (TPSA) is 181 Å². The van der Waals surface area contributed by atoms with Crippen molar-refractivity contribution in [3.8, 4) is 22.9 Å². The van der Waals surface area contributed by atoms with Gasteiger partial charge in [-0.2, -0.15) is 0 Å². The van der Waals surface area contributed by atoms with Crippen molar-refractivity contribution in [2.75, 3.05) is 19.0 Å². The van der Waals surface area contributed by atoms with Crippen molar-refractivity contribution in [2.45, 2.75) is 119 Å². The second kappa shape index (κ2) is 15.7. The largest absolute Gasteiger partial charge is 0.497 e. The average Bonchev–Trinajstić information content (AvgIpc) is 3.87. The van der Waals surface area contributed by atoms with E-state index in [1.807, 2.05) is 41.8 Å². The highest BCUT2D eigenvalue weighted by Crippen LogP contribution is 2.45. The Hall–Kier alpha value is -4.92. The van der Waals surface area contributed by atoms with E-state index in [2.05, 4.69) is 16.0 Å². The number of nitrogens with zero attached hydrogens (tertiary/aromatic N) is 3. The highest BCUT2D eigenvalue weighted by Gasteiger charge is 2.61. The molecule has 2 aromatic heterocycles. The molecule has 15 heteroatoms. The third-order valence-electron chi connectivity index (χ3n) is 11.4. The predicted molar refractivity (Wildman–Crippen MR) is 205 cm³/mol. The maximum Gasteiger partial charge on any atom is 0.408 e. The number of hydrogen-bond acceptors (Lipinski definition) is 11. The number of fused-ring (bicyclic) bond motifs is 3. The van der Waals surface area contributed by atoms with Crippen LogP contribution in [0.25, 0.3) is 22.3 Å². The molecule has 14 nitrogen and oxygen atoms in total. The van der Waals surface area contributed by atoms with E-state index >= 15 is 0 Å². The molecule has 3 aromatic rings. The van der Waals surface area contributed by atoms with Gasteiger partial charge in [0.15, 0.2) is 5.13 Å². The monoisotopic (exact) mass is 772 g/mol. The molecule has 4 fully saturated rings. The summed E-state index contributed by atoms with van der Waals surface area (Å²) in [4.78, 5) is 65.6. The second-order valence-electron chi connectivity index (χ2n) is 15.5. The molecule has 3 saturated carbocycles. The number of pyridine rings is 1. The molecule has 0 radical (unpaired) electrons. The van der Waals surface area contributed by atoms with Gasteiger partial charge in [0.2, 0.25) is 11.8 Å². The molecule has 0 spiro atoms. The molecule has 4 heterocycles. The number of allylic oxidation sites excluding steroid dienone is 1. The summed E-state index contributed by atoms with van der Waals surface area (Å²) in [6, 6.07) is 5.80. The summed E-state index contributed by atoms with van der Waals surface area (Å²) in [5.74, 6) is -1.33. The van der Waals surface area contributed by atoms with Gasteiger partial charge in [-0.15, -0.1) is 11.3 Å². The van der Waals surface area contributed by atoms with E-state index in [9.17, 15) is 24.3 Å². The molecule has 3 amide bonds. The minimum Gasteiger partial charge on any atom is -0.497 e. The normalized spacial score (nSPS) is 27.9. The molecular formula is C40H48N6O8S.